The van der Waals surface area contributed by atoms with Crippen molar-refractivity contribution in [2.24, 2.45) is 0 Å². The number of hydrogen-bond acceptors (Lipinski definition) is 2. The fourth-order valence-electron chi connectivity index (χ4n) is 2.24. The summed E-state index contributed by atoms with van der Waals surface area (Å²) in [5.74, 6) is 0.00261. The second-order valence-corrected chi connectivity index (χ2v) is 6.48. The van der Waals surface area contributed by atoms with Crippen molar-refractivity contribution < 1.29 is 9.18 Å². The molecular weight excluding hydrogens is 332 g/mol. The fourth-order valence-corrected chi connectivity index (χ4v) is 4.03. The Bertz CT molecular complexity index is 693. The predicted octanol–water partition coefficient (Wildman–Crippen LogP) is 4.91. The largest absolute Gasteiger partial charge is 0.295 e. The Morgan fingerprint density at radius 2 is 1.86 bits per heavy atom. The zero-order valence-corrected chi connectivity index (χ0v) is 13.1. The van der Waals surface area contributed by atoms with E-state index in [0.29, 0.717) is 21.5 Å². The minimum Gasteiger partial charge on any atom is -0.295 e. The molecule has 0 aliphatic carbocycles. The Balaban J connectivity index is 2.01. The van der Waals surface area contributed by atoms with Gasteiger partial charge in [0.25, 0.3) is 0 Å². The van der Waals surface area contributed by atoms with Crippen molar-refractivity contribution in [3.8, 4) is 0 Å². The van der Waals surface area contributed by atoms with Crippen LogP contribution < -0.4 is 4.90 Å². The SMILES string of the molecule is O=C1CS[C@H](c2ccc(Cl)cc2Cl)N1c1ccc(F)cc1. The highest BCUT2D eigenvalue weighted by Gasteiger charge is 2.35. The Morgan fingerprint density at radius 1 is 1.14 bits per heavy atom. The van der Waals surface area contributed by atoms with Gasteiger partial charge in [0.15, 0.2) is 0 Å². The molecule has 21 heavy (non-hydrogen) atoms. The molecule has 108 valence electrons. The molecule has 1 heterocycles. The molecule has 1 atom stereocenters. The van der Waals surface area contributed by atoms with Crippen LogP contribution in [0.25, 0.3) is 0 Å². The van der Waals surface area contributed by atoms with Gasteiger partial charge in [-0.3, -0.25) is 9.69 Å². The van der Waals surface area contributed by atoms with E-state index in [4.69, 9.17) is 23.2 Å². The van der Waals surface area contributed by atoms with Crippen LogP contribution in [0, 0.1) is 5.82 Å². The van der Waals surface area contributed by atoms with Crippen LogP contribution in [0.2, 0.25) is 10.0 Å². The summed E-state index contributed by atoms with van der Waals surface area (Å²) in [4.78, 5) is 13.8. The first kappa shape index (κ1) is 14.7. The molecule has 0 radical (unpaired) electrons. The van der Waals surface area contributed by atoms with Crippen molar-refractivity contribution in [1.29, 1.82) is 0 Å². The maximum Gasteiger partial charge on any atom is 0.238 e. The van der Waals surface area contributed by atoms with E-state index in [0.717, 1.165) is 5.56 Å². The second-order valence-electron chi connectivity index (χ2n) is 4.57. The number of anilines is 1. The van der Waals surface area contributed by atoms with Gasteiger partial charge in [0.2, 0.25) is 5.91 Å². The van der Waals surface area contributed by atoms with Crippen molar-refractivity contribution in [1.82, 2.24) is 0 Å². The van der Waals surface area contributed by atoms with E-state index in [2.05, 4.69) is 0 Å². The predicted molar refractivity (Wildman–Crippen MR) is 85.5 cm³/mol. The molecule has 1 saturated heterocycles. The summed E-state index contributed by atoms with van der Waals surface area (Å²) >= 11 is 13.6. The van der Waals surface area contributed by atoms with Crippen LogP contribution in [0.5, 0.6) is 0 Å². The van der Waals surface area contributed by atoms with Crippen LogP contribution >= 0.6 is 35.0 Å². The van der Waals surface area contributed by atoms with E-state index in [1.165, 1.54) is 23.9 Å². The zero-order chi connectivity index (χ0) is 15.0. The maximum atomic E-state index is 13.1. The number of hydrogen-bond donors (Lipinski definition) is 0. The van der Waals surface area contributed by atoms with Gasteiger partial charge in [-0.05, 0) is 36.4 Å². The van der Waals surface area contributed by atoms with E-state index >= 15 is 0 Å². The van der Waals surface area contributed by atoms with Crippen LogP contribution in [0.3, 0.4) is 0 Å². The quantitative estimate of drug-likeness (QED) is 0.773. The summed E-state index contributed by atoms with van der Waals surface area (Å²) in [7, 11) is 0. The van der Waals surface area contributed by atoms with Gasteiger partial charge in [0, 0.05) is 21.3 Å². The number of carbonyl (C=O) groups is 1. The van der Waals surface area contributed by atoms with E-state index < -0.39 is 0 Å². The van der Waals surface area contributed by atoms with E-state index in [1.54, 1.807) is 29.2 Å². The summed E-state index contributed by atoms with van der Waals surface area (Å²) in [6.07, 6.45) is 0. The summed E-state index contributed by atoms with van der Waals surface area (Å²) in [6, 6.07) is 11.1. The summed E-state index contributed by atoms with van der Waals surface area (Å²) in [6.45, 7) is 0. The minimum absolute atomic E-state index is 0.0253. The molecule has 0 unspecified atom stereocenters. The first-order valence-corrected chi connectivity index (χ1v) is 8.01. The summed E-state index contributed by atoms with van der Waals surface area (Å²) in [5, 5.41) is 0.834. The number of halogens is 3. The van der Waals surface area contributed by atoms with Gasteiger partial charge < -0.3 is 0 Å². The molecule has 0 spiro atoms. The fraction of sp³-hybridized carbons (Fsp3) is 0.133. The number of carbonyl (C=O) groups excluding carboxylic acids is 1. The molecule has 0 bridgehead atoms. The highest BCUT2D eigenvalue weighted by Crippen LogP contribution is 2.44. The lowest BCUT2D eigenvalue weighted by atomic mass is 10.2. The van der Waals surface area contributed by atoms with Crippen molar-refractivity contribution >= 4 is 46.6 Å². The smallest absolute Gasteiger partial charge is 0.238 e. The van der Waals surface area contributed by atoms with Crippen molar-refractivity contribution in [3.05, 3.63) is 63.9 Å². The third kappa shape index (κ3) is 2.89. The van der Waals surface area contributed by atoms with E-state index in [9.17, 15) is 9.18 Å². The molecule has 0 saturated carbocycles. The number of benzene rings is 2. The maximum absolute atomic E-state index is 13.1. The monoisotopic (exact) mass is 341 g/mol. The van der Waals surface area contributed by atoms with Crippen LogP contribution in [-0.4, -0.2) is 11.7 Å². The van der Waals surface area contributed by atoms with Crippen LogP contribution in [-0.2, 0) is 4.79 Å². The third-order valence-corrected chi connectivity index (χ3v) is 4.96. The number of amides is 1. The lowest BCUT2D eigenvalue weighted by molar-refractivity contribution is -0.115. The average Bonchev–Trinajstić information content (AvgIpc) is 2.82. The summed E-state index contributed by atoms with van der Waals surface area (Å²) < 4.78 is 13.1. The molecule has 1 aliphatic rings. The Hall–Kier alpha value is -1.23. The molecular formula is C15H10Cl2FNOS. The molecule has 6 heteroatoms. The molecule has 2 nitrogen and oxygen atoms in total. The number of nitrogens with zero attached hydrogens (tertiary/aromatic N) is 1. The molecule has 0 aromatic heterocycles. The van der Waals surface area contributed by atoms with Crippen molar-refractivity contribution in [3.63, 3.8) is 0 Å². The lowest BCUT2D eigenvalue weighted by Crippen LogP contribution is -2.27. The van der Waals surface area contributed by atoms with Gasteiger partial charge in [-0.25, -0.2) is 4.39 Å². The van der Waals surface area contributed by atoms with Crippen molar-refractivity contribution in [2.45, 2.75) is 5.37 Å². The number of thioether (sulfide) groups is 1. The van der Waals surface area contributed by atoms with Gasteiger partial charge >= 0.3 is 0 Å². The van der Waals surface area contributed by atoms with Gasteiger partial charge in [-0.2, -0.15) is 0 Å². The topological polar surface area (TPSA) is 20.3 Å². The molecule has 1 fully saturated rings. The Morgan fingerprint density at radius 3 is 2.52 bits per heavy atom. The van der Waals surface area contributed by atoms with Gasteiger partial charge in [0.05, 0.1) is 5.75 Å². The van der Waals surface area contributed by atoms with Crippen LogP contribution in [0.4, 0.5) is 10.1 Å². The average molecular weight is 342 g/mol. The molecule has 2 aromatic rings. The van der Waals surface area contributed by atoms with Gasteiger partial charge in [-0.15, -0.1) is 11.8 Å². The highest BCUT2D eigenvalue weighted by atomic mass is 35.5. The molecule has 2 aromatic carbocycles. The number of rotatable bonds is 2. The summed E-state index contributed by atoms with van der Waals surface area (Å²) in [5.41, 5.74) is 1.48. The minimum atomic E-state index is -0.334. The van der Waals surface area contributed by atoms with Crippen LogP contribution in [0.15, 0.2) is 42.5 Å². The molecule has 1 amide bonds. The van der Waals surface area contributed by atoms with Crippen LogP contribution in [0.1, 0.15) is 10.9 Å². The Kier molecular flexibility index (Phi) is 4.11. The molecule has 3 rings (SSSR count). The first-order chi connectivity index (χ1) is 10.1. The highest BCUT2D eigenvalue weighted by molar-refractivity contribution is 8.00. The molecule has 0 N–H and O–H groups in total. The first-order valence-electron chi connectivity index (χ1n) is 6.20. The van der Waals surface area contributed by atoms with Gasteiger partial charge in [-0.1, -0.05) is 29.3 Å². The second kappa shape index (κ2) is 5.87. The van der Waals surface area contributed by atoms with Gasteiger partial charge in [0.1, 0.15) is 11.2 Å². The van der Waals surface area contributed by atoms with E-state index in [-0.39, 0.29) is 17.1 Å². The molecule has 1 aliphatic heterocycles. The van der Waals surface area contributed by atoms with E-state index in [1.807, 2.05) is 6.07 Å². The third-order valence-electron chi connectivity index (χ3n) is 3.20. The normalized spacial score (nSPS) is 18.3. The standard InChI is InChI=1S/C15H10Cl2FNOS/c16-9-1-6-12(13(17)7-9)15-19(14(20)8-21-15)11-4-2-10(18)3-5-11/h1-7,15H,8H2/t15-/m1/s1. The Labute approximate surface area is 135 Å². The lowest BCUT2D eigenvalue weighted by Gasteiger charge is -2.25. The zero-order valence-electron chi connectivity index (χ0n) is 10.7. The van der Waals surface area contributed by atoms with Crippen molar-refractivity contribution in [2.75, 3.05) is 10.7 Å².